The predicted octanol–water partition coefficient (Wildman–Crippen LogP) is 1.65. The monoisotopic (exact) mass is 251 g/mol. The maximum Gasteiger partial charge on any atom is 0.296 e. The minimum absolute atomic E-state index is 0.189. The molecule has 0 N–H and O–H groups in total. The van der Waals surface area contributed by atoms with Gasteiger partial charge in [0, 0.05) is 23.6 Å². The van der Waals surface area contributed by atoms with Crippen molar-refractivity contribution in [2.75, 3.05) is 0 Å². The van der Waals surface area contributed by atoms with Crippen LogP contribution in [0.15, 0.2) is 5.16 Å². The van der Waals surface area contributed by atoms with E-state index >= 15 is 0 Å². The zero-order valence-corrected chi connectivity index (χ0v) is 10.5. The molecule has 1 heterocycles. The third-order valence-electron chi connectivity index (χ3n) is 2.44. The van der Waals surface area contributed by atoms with Gasteiger partial charge < -0.3 is 4.57 Å². The minimum Gasteiger partial charge on any atom is -0.304 e. The molecule has 0 aliphatic carbocycles. The van der Waals surface area contributed by atoms with Gasteiger partial charge in [0.1, 0.15) is 5.82 Å². The highest BCUT2D eigenvalue weighted by atomic mass is 35.7. The number of halogens is 1. The highest BCUT2D eigenvalue weighted by Gasteiger charge is 2.23. The molecule has 1 aromatic rings. The summed E-state index contributed by atoms with van der Waals surface area (Å²) in [5, 5.41) is 7.28. The third kappa shape index (κ3) is 2.49. The van der Waals surface area contributed by atoms with Gasteiger partial charge in [-0.2, -0.15) is 0 Å². The Labute approximate surface area is 93.9 Å². The number of hydrogen-bond acceptors (Lipinski definition) is 4. The van der Waals surface area contributed by atoms with Crippen LogP contribution in [0.5, 0.6) is 0 Å². The molecule has 1 rings (SSSR count). The predicted molar refractivity (Wildman–Crippen MR) is 57.4 cm³/mol. The highest BCUT2D eigenvalue weighted by Crippen LogP contribution is 2.23. The van der Waals surface area contributed by atoms with E-state index in [9.17, 15) is 8.42 Å². The molecule has 0 saturated heterocycles. The molecule has 0 bridgehead atoms. The van der Waals surface area contributed by atoms with Crippen LogP contribution in [0.4, 0.5) is 0 Å². The van der Waals surface area contributed by atoms with E-state index in [-0.39, 0.29) is 11.1 Å². The third-order valence-corrected chi connectivity index (χ3v) is 3.64. The average molecular weight is 252 g/mol. The fraction of sp³-hybridized carbons (Fsp3) is 0.750. The molecule has 86 valence electrons. The van der Waals surface area contributed by atoms with Crippen molar-refractivity contribution in [2.24, 2.45) is 7.05 Å². The van der Waals surface area contributed by atoms with E-state index in [1.54, 1.807) is 7.05 Å². The van der Waals surface area contributed by atoms with Gasteiger partial charge in [-0.05, 0) is 12.8 Å². The Kier molecular flexibility index (Phi) is 3.72. The van der Waals surface area contributed by atoms with E-state index in [0.29, 0.717) is 5.82 Å². The van der Waals surface area contributed by atoms with Crippen LogP contribution in [0.3, 0.4) is 0 Å². The van der Waals surface area contributed by atoms with Crippen LogP contribution in [0.25, 0.3) is 0 Å². The standard InChI is InChI=1S/C8H14ClN3O2S/c1-4-6(5-2)7-10-11-8(12(7)3)15(9,13)14/h6H,4-5H2,1-3H3. The molecule has 0 saturated carbocycles. The van der Waals surface area contributed by atoms with E-state index in [4.69, 9.17) is 10.7 Å². The van der Waals surface area contributed by atoms with Gasteiger partial charge in [-0.25, -0.2) is 8.42 Å². The van der Waals surface area contributed by atoms with Gasteiger partial charge in [0.25, 0.3) is 14.2 Å². The van der Waals surface area contributed by atoms with Gasteiger partial charge in [0.15, 0.2) is 0 Å². The molecule has 0 aliphatic heterocycles. The number of rotatable bonds is 4. The van der Waals surface area contributed by atoms with E-state index in [1.807, 2.05) is 13.8 Å². The van der Waals surface area contributed by atoms with E-state index in [0.717, 1.165) is 12.8 Å². The van der Waals surface area contributed by atoms with Crippen LogP contribution in [0.1, 0.15) is 38.4 Å². The van der Waals surface area contributed by atoms with Crippen molar-refractivity contribution in [3.8, 4) is 0 Å². The normalized spacial score (nSPS) is 12.3. The molecule has 15 heavy (non-hydrogen) atoms. The van der Waals surface area contributed by atoms with Gasteiger partial charge in [-0.1, -0.05) is 13.8 Å². The zero-order valence-electron chi connectivity index (χ0n) is 8.94. The van der Waals surface area contributed by atoms with E-state index in [1.165, 1.54) is 4.57 Å². The van der Waals surface area contributed by atoms with E-state index in [2.05, 4.69) is 10.2 Å². The van der Waals surface area contributed by atoms with Crippen molar-refractivity contribution in [1.29, 1.82) is 0 Å². The van der Waals surface area contributed by atoms with Crippen LogP contribution < -0.4 is 0 Å². The summed E-state index contributed by atoms with van der Waals surface area (Å²) in [6.45, 7) is 4.05. The molecule has 0 fully saturated rings. The zero-order chi connectivity index (χ0) is 11.6. The highest BCUT2D eigenvalue weighted by molar-refractivity contribution is 8.13. The van der Waals surface area contributed by atoms with Crippen molar-refractivity contribution in [1.82, 2.24) is 14.8 Å². The number of nitrogens with zero attached hydrogens (tertiary/aromatic N) is 3. The Bertz CT molecular complexity index is 437. The van der Waals surface area contributed by atoms with E-state index < -0.39 is 9.05 Å². The van der Waals surface area contributed by atoms with Crippen LogP contribution >= 0.6 is 10.7 Å². The number of hydrogen-bond donors (Lipinski definition) is 0. The summed E-state index contributed by atoms with van der Waals surface area (Å²) in [5.74, 6) is 0.883. The SMILES string of the molecule is CCC(CC)c1nnc(S(=O)(=O)Cl)n1C. The first-order chi connectivity index (χ1) is 6.91. The topological polar surface area (TPSA) is 64.8 Å². The molecule has 7 heteroatoms. The lowest BCUT2D eigenvalue weighted by molar-refractivity contribution is 0.557. The first kappa shape index (κ1) is 12.4. The van der Waals surface area contributed by atoms with Crippen LogP contribution in [0.2, 0.25) is 0 Å². The first-order valence-electron chi connectivity index (χ1n) is 4.75. The fourth-order valence-electron chi connectivity index (χ4n) is 1.55. The molecule has 0 unspecified atom stereocenters. The number of aromatic nitrogens is 3. The first-order valence-corrected chi connectivity index (χ1v) is 7.06. The Hall–Kier alpha value is -0.620. The quantitative estimate of drug-likeness (QED) is 0.764. The lowest BCUT2D eigenvalue weighted by atomic mass is 10.0. The minimum atomic E-state index is -3.80. The molecule has 1 aromatic heterocycles. The van der Waals surface area contributed by atoms with Crippen LogP contribution in [-0.2, 0) is 16.1 Å². The smallest absolute Gasteiger partial charge is 0.296 e. The molecule has 0 amide bonds. The van der Waals surface area contributed by atoms with Gasteiger partial charge in [-0.15, -0.1) is 10.2 Å². The Morgan fingerprint density at radius 2 is 1.87 bits per heavy atom. The summed E-state index contributed by atoms with van der Waals surface area (Å²) in [5.41, 5.74) is 0. The summed E-state index contributed by atoms with van der Waals surface area (Å²) in [6.07, 6.45) is 1.79. The molecule has 5 nitrogen and oxygen atoms in total. The second kappa shape index (κ2) is 4.49. The molecular weight excluding hydrogens is 238 g/mol. The molecule has 0 aromatic carbocycles. The lowest BCUT2D eigenvalue weighted by Gasteiger charge is -2.10. The van der Waals surface area contributed by atoms with Gasteiger partial charge >= 0.3 is 0 Å². The van der Waals surface area contributed by atoms with Crippen molar-refractivity contribution in [3.63, 3.8) is 0 Å². The maximum atomic E-state index is 11.1. The van der Waals surface area contributed by atoms with Gasteiger partial charge in [0.2, 0.25) is 0 Å². The Balaban J connectivity index is 3.20. The summed E-state index contributed by atoms with van der Waals surface area (Å²) >= 11 is 0. The van der Waals surface area contributed by atoms with Crippen molar-refractivity contribution in [3.05, 3.63) is 5.82 Å². The summed E-state index contributed by atoms with van der Waals surface area (Å²) in [7, 11) is 3.03. The summed E-state index contributed by atoms with van der Waals surface area (Å²) in [4.78, 5) is 0. The van der Waals surface area contributed by atoms with Gasteiger partial charge in [-0.3, -0.25) is 0 Å². The Morgan fingerprint density at radius 1 is 1.33 bits per heavy atom. The molecule has 0 atom stereocenters. The van der Waals surface area contributed by atoms with Gasteiger partial charge in [0.05, 0.1) is 0 Å². The largest absolute Gasteiger partial charge is 0.304 e. The molecule has 0 radical (unpaired) electrons. The van der Waals surface area contributed by atoms with Crippen molar-refractivity contribution >= 4 is 19.7 Å². The van der Waals surface area contributed by atoms with Crippen molar-refractivity contribution < 1.29 is 8.42 Å². The lowest BCUT2D eigenvalue weighted by Crippen LogP contribution is -2.08. The van der Waals surface area contributed by atoms with Crippen LogP contribution in [0, 0.1) is 0 Å². The van der Waals surface area contributed by atoms with Crippen LogP contribution in [-0.4, -0.2) is 23.2 Å². The summed E-state index contributed by atoms with van der Waals surface area (Å²) < 4.78 is 23.7. The van der Waals surface area contributed by atoms with Crippen molar-refractivity contribution in [2.45, 2.75) is 37.8 Å². The molecular formula is C8H14ClN3O2S. The fourth-order valence-corrected chi connectivity index (χ4v) is 2.51. The molecule has 0 spiro atoms. The Morgan fingerprint density at radius 3 is 2.20 bits per heavy atom. The average Bonchev–Trinajstić information content (AvgIpc) is 2.50. The maximum absolute atomic E-state index is 11.1. The second-order valence-corrected chi connectivity index (χ2v) is 5.81. The second-order valence-electron chi connectivity index (χ2n) is 3.35. The summed E-state index contributed by atoms with van der Waals surface area (Å²) in [6, 6.07) is 0. The molecule has 0 aliphatic rings.